The second kappa shape index (κ2) is 14.4. The van der Waals surface area contributed by atoms with Gasteiger partial charge in [0.15, 0.2) is 0 Å². The van der Waals surface area contributed by atoms with Gasteiger partial charge in [0.25, 0.3) is 0 Å². The molecule has 0 radical (unpaired) electrons. The first-order chi connectivity index (χ1) is 18.6. The van der Waals surface area contributed by atoms with E-state index < -0.39 is 0 Å². The standard InChI is InChI=1S/C31H35FN2O4/c32-28-13-11-26(12-14-28)21-37-23-31(36)33-16-3-4-24-7-9-25(10-8-24)20-34(18-19-35)17-15-27-22-38-30-6-2-1-5-29(27)30/h1-2,5-14,22,35H,3-4,15-21,23H2,(H,33,36). The summed E-state index contributed by atoms with van der Waals surface area (Å²) in [6, 6.07) is 22.6. The van der Waals surface area contributed by atoms with Gasteiger partial charge in [0, 0.05) is 31.6 Å². The summed E-state index contributed by atoms with van der Waals surface area (Å²) in [7, 11) is 0. The summed E-state index contributed by atoms with van der Waals surface area (Å²) in [6.45, 7) is 3.17. The summed E-state index contributed by atoms with van der Waals surface area (Å²) in [5.41, 5.74) is 5.33. The van der Waals surface area contributed by atoms with Crippen LogP contribution in [0, 0.1) is 5.82 Å². The third kappa shape index (κ3) is 8.52. The summed E-state index contributed by atoms with van der Waals surface area (Å²) in [6.07, 6.45) is 4.39. The van der Waals surface area contributed by atoms with Gasteiger partial charge < -0.3 is 19.6 Å². The lowest BCUT2D eigenvalue weighted by Crippen LogP contribution is -2.29. The van der Waals surface area contributed by atoms with Gasteiger partial charge in [-0.1, -0.05) is 54.6 Å². The summed E-state index contributed by atoms with van der Waals surface area (Å²) < 4.78 is 24.0. The number of carbonyl (C=O) groups is 1. The lowest BCUT2D eigenvalue weighted by atomic mass is 10.1. The van der Waals surface area contributed by atoms with E-state index in [0.717, 1.165) is 48.9 Å². The fourth-order valence-corrected chi connectivity index (χ4v) is 4.40. The molecule has 0 atom stereocenters. The maximum absolute atomic E-state index is 12.9. The summed E-state index contributed by atoms with van der Waals surface area (Å²) >= 11 is 0. The maximum Gasteiger partial charge on any atom is 0.246 e. The molecule has 7 heteroatoms. The number of halogens is 1. The average Bonchev–Trinajstić information content (AvgIpc) is 3.35. The van der Waals surface area contributed by atoms with E-state index in [4.69, 9.17) is 9.15 Å². The van der Waals surface area contributed by atoms with Gasteiger partial charge in [-0.3, -0.25) is 9.69 Å². The molecule has 4 rings (SSSR count). The first kappa shape index (κ1) is 27.5. The van der Waals surface area contributed by atoms with E-state index in [1.807, 2.05) is 24.5 Å². The number of fused-ring (bicyclic) bond motifs is 1. The maximum atomic E-state index is 12.9. The monoisotopic (exact) mass is 518 g/mol. The van der Waals surface area contributed by atoms with Crippen molar-refractivity contribution in [1.29, 1.82) is 0 Å². The average molecular weight is 519 g/mol. The van der Waals surface area contributed by atoms with Gasteiger partial charge in [0.05, 0.1) is 19.5 Å². The number of nitrogens with zero attached hydrogens (tertiary/aromatic N) is 1. The van der Waals surface area contributed by atoms with Crippen LogP contribution in [0.5, 0.6) is 0 Å². The number of aryl methyl sites for hydroxylation is 1. The normalized spacial score (nSPS) is 11.3. The molecule has 2 N–H and O–H groups in total. The van der Waals surface area contributed by atoms with Gasteiger partial charge in [-0.15, -0.1) is 0 Å². The molecule has 38 heavy (non-hydrogen) atoms. The molecule has 6 nitrogen and oxygen atoms in total. The van der Waals surface area contributed by atoms with Crippen molar-refractivity contribution >= 4 is 16.9 Å². The van der Waals surface area contributed by atoms with Crippen molar-refractivity contribution in [1.82, 2.24) is 10.2 Å². The second-order valence-corrected chi connectivity index (χ2v) is 9.40. The lowest BCUT2D eigenvalue weighted by molar-refractivity contribution is -0.126. The van der Waals surface area contributed by atoms with Crippen LogP contribution in [-0.2, 0) is 35.5 Å². The SMILES string of the molecule is O=C(COCc1ccc(F)cc1)NCCCc1ccc(CN(CCO)CCc2coc3ccccc23)cc1. The zero-order chi connectivity index (χ0) is 26.6. The minimum atomic E-state index is -0.292. The number of ether oxygens (including phenoxy) is 1. The van der Waals surface area contributed by atoms with Crippen LogP contribution in [0.1, 0.15) is 28.7 Å². The van der Waals surface area contributed by atoms with E-state index in [1.165, 1.54) is 28.8 Å². The topological polar surface area (TPSA) is 74.9 Å². The third-order valence-corrected chi connectivity index (χ3v) is 6.48. The highest BCUT2D eigenvalue weighted by Gasteiger charge is 2.10. The van der Waals surface area contributed by atoms with Crippen LogP contribution in [0.25, 0.3) is 11.0 Å². The van der Waals surface area contributed by atoms with Gasteiger partial charge >= 0.3 is 0 Å². The number of hydrogen-bond acceptors (Lipinski definition) is 5. The number of carbonyl (C=O) groups excluding carboxylic acids is 1. The van der Waals surface area contributed by atoms with Gasteiger partial charge in [0.1, 0.15) is 18.0 Å². The Morgan fingerprint density at radius 2 is 1.66 bits per heavy atom. The molecule has 0 bridgehead atoms. The minimum absolute atomic E-state index is 0.0206. The van der Waals surface area contributed by atoms with Crippen molar-refractivity contribution in [2.24, 2.45) is 0 Å². The van der Waals surface area contributed by atoms with Crippen LogP contribution in [0.3, 0.4) is 0 Å². The van der Waals surface area contributed by atoms with Crippen molar-refractivity contribution in [2.75, 3.05) is 32.8 Å². The Labute approximate surface area is 223 Å². The highest BCUT2D eigenvalue weighted by Crippen LogP contribution is 2.21. The Hall–Kier alpha value is -3.52. The van der Waals surface area contributed by atoms with Gasteiger partial charge in [0.2, 0.25) is 5.91 Å². The Morgan fingerprint density at radius 1 is 0.921 bits per heavy atom. The molecule has 0 aliphatic rings. The number of aliphatic hydroxyl groups is 1. The zero-order valence-corrected chi connectivity index (χ0v) is 21.6. The molecule has 0 unspecified atom stereocenters. The molecular weight excluding hydrogens is 483 g/mol. The number of hydrogen-bond donors (Lipinski definition) is 2. The third-order valence-electron chi connectivity index (χ3n) is 6.48. The number of amides is 1. The summed E-state index contributed by atoms with van der Waals surface area (Å²) in [4.78, 5) is 14.2. The highest BCUT2D eigenvalue weighted by atomic mass is 19.1. The quantitative estimate of drug-likeness (QED) is 0.220. The van der Waals surface area contributed by atoms with Crippen molar-refractivity contribution in [3.8, 4) is 0 Å². The smallest absolute Gasteiger partial charge is 0.246 e. The fraction of sp³-hybridized carbons (Fsp3) is 0.323. The first-order valence-electron chi connectivity index (χ1n) is 13.1. The molecular formula is C31H35FN2O4. The molecule has 0 fully saturated rings. The molecule has 0 spiro atoms. The molecule has 1 aromatic heterocycles. The number of furan rings is 1. The fourth-order valence-electron chi connectivity index (χ4n) is 4.40. The number of benzene rings is 3. The number of nitrogens with one attached hydrogen (secondary N) is 1. The largest absolute Gasteiger partial charge is 0.464 e. The Balaban J connectivity index is 1.14. The number of aliphatic hydroxyl groups excluding tert-OH is 1. The highest BCUT2D eigenvalue weighted by molar-refractivity contribution is 5.80. The number of rotatable bonds is 15. The van der Waals surface area contributed by atoms with E-state index in [2.05, 4.69) is 40.5 Å². The Morgan fingerprint density at radius 3 is 2.45 bits per heavy atom. The van der Waals surface area contributed by atoms with E-state index in [0.29, 0.717) is 13.1 Å². The van der Waals surface area contributed by atoms with E-state index in [1.54, 1.807) is 12.1 Å². The minimum Gasteiger partial charge on any atom is -0.464 e. The molecule has 0 aliphatic carbocycles. The summed E-state index contributed by atoms with van der Waals surface area (Å²) in [5, 5.41) is 13.6. The Bertz CT molecular complexity index is 1270. The van der Waals surface area contributed by atoms with E-state index >= 15 is 0 Å². The van der Waals surface area contributed by atoms with Crippen LogP contribution < -0.4 is 5.32 Å². The van der Waals surface area contributed by atoms with Crippen LogP contribution in [0.2, 0.25) is 0 Å². The van der Waals surface area contributed by atoms with Crippen molar-refractivity contribution in [3.05, 3.63) is 107 Å². The molecule has 200 valence electrons. The van der Waals surface area contributed by atoms with Gasteiger partial charge in [-0.2, -0.15) is 0 Å². The lowest BCUT2D eigenvalue weighted by Gasteiger charge is -2.21. The molecule has 3 aromatic carbocycles. The van der Waals surface area contributed by atoms with Crippen molar-refractivity contribution in [3.63, 3.8) is 0 Å². The molecule has 0 aliphatic heterocycles. The van der Waals surface area contributed by atoms with Crippen molar-refractivity contribution in [2.45, 2.75) is 32.4 Å². The van der Waals surface area contributed by atoms with Crippen LogP contribution in [-0.4, -0.2) is 48.8 Å². The molecule has 1 heterocycles. The predicted molar refractivity (Wildman–Crippen MR) is 146 cm³/mol. The second-order valence-electron chi connectivity index (χ2n) is 9.40. The number of para-hydroxylation sites is 1. The first-order valence-corrected chi connectivity index (χ1v) is 13.1. The molecule has 4 aromatic rings. The molecule has 1 amide bonds. The van der Waals surface area contributed by atoms with Crippen LogP contribution >= 0.6 is 0 Å². The van der Waals surface area contributed by atoms with E-state index in [-0.39, 0.29) is 31.5 Å². The predicted octanol–water partition coefficient (Wildman–Crippen LogP) is 4.87. The van der Waals surface area contributed by atoms with Crippen LogP contribution in [0.4, 0.5) is 4.39 Å². The van der Waals surface area contributed by atoms with Crippen LogP contribution in [0.15, 0.2) is 83.5 Å². The van der Waals surface area contributed by atoms with E-state index in [9.17, 15) is 14.3 Å². The van der Waals surface area contributed by atoms with Gasteiger partial charge in [-0.05, 0) is 59.7 Å². The summed E-state index contributed by atoms with van der Waals surface area (Å²) in [5.74, 6) is -0.449. The zero-order valence-electron chi connectivity index (χ0n) is 21.6. The Kier molecular flexibility index (Phi) is 10.4. The molecule has 0 saturated carbocycles. The van der Waals surface area contributed by atoms with Gasteiger partial charge in [-0.25, -0.2) is 4.39 Å². The van der Waals surface area contributed by atoms with Crippen molar-refractivity contribution < 1.29 is 23.4 Å². The molecule has 0 saturated heterocycles.